The first-order chi connectivity index (χ1) is 10.9. The Balaban J connectivity index is 2.42. The van der Waals surface area contributed by atoms with E-state index in [2.05, 4.69) is 4.98 Å². The van der Waals surface area contributed by atoms with Crippen molar-refractivity contribution in [1.82, 2.24) is 4.98 Å². The van der Waals surface area contributed by atoms with Crippen molar-refractivity contribution in [2.45, 2.75) is 0 Å². The average molecular weight is 359 g/mol. The summed E-state index contributed by atoms with van der Waals surface area (Å²) in [7, 11) is 6.14. The van der Waals surface area contributed by atoms with Crippen molar-refractivity contribution < 1.29 is 19.0 Å². The van der Waals surface area contributed by atoms with Gasteiger partial charge in [-0.3, -0.25) is 4.79 Å². The number of anilines is 1. The van der Waals surface area contributed by atoms with Gasteiger partial charge in [-0.05, 0) is 6.07 Å². The minimum atomic E-state index is -0.312. The Kier molecular flexibility index (Phi) is 5.28. The number of benzene rings is 1. The van der Waals surface area contributed by atoms with Gasteiger partial charge in [0.25, 0.3) is 5.91 Å². The Morgan fingerprint density at radius 1 is 1.04 bits per heavy atom. The summed E-state index contributed by atoms with van der Waals surface area (Å²) in [5.74, 6) is 1.03. The van der Waals surface area contributed by atoms with E-state index in [4.69, 9.17) is 37.4 Å². The first-order valence-corrected chi connectivity index (χ1v) is 7.30. The molecule has 0 aliphatic carbocycles. The average Bonchev–Trinajstić information content (AvgIpc) is 2.90. The van der Waals surface area contributed by atoms with Crippen molar-refractivity contribution in [2.75, 3.05) is 33.3 Å². The number of nitrogens with zero attached hydrogens (tertiary/aromatic N) is 1. The number of carbonyl (C=O) groups excluding carboxylic acids is 1. The van der Waals surface area contributed by atoms with E-state index in [9.17, 15) is 4.79 Å². The molecule has 8 heteroatoms. The number of ether oxygens (including phenoxy) is 3. The zero-order valence-corrected chi connectivity index (χ0v) is 14.6. The van der Waals surface area contributed by atoms with Crippen LogP contribution in [0.4, 0.5) is 5.69 Å². The molecule has 23 heavy (non-hydrogen) atoms. The zero-order valence-electron chi connectivity index (χ0n) is 13.1. The van der Waals surface area contributed by atoms with Crippen molar-refractivity contribution in [3.63, 3.8) is 0 Å². The molecule has 0 atom stereocenters. The second-order valence-corrected chi connectivity index (χ2v) is 5.38. The maximum Gasteiger partial charge on any atom is 0.274 e. The molecule has 0 aliphatic rings. The monoisotopic (exact) mass is 358 g/mol. The van der Waals surface area contributed by atoms with Gasteiger partial charge in [0.05, 0.1) is 32.0 Å². The van der Waals surface area contributed by atoms with Gasteiger partial charge in [-0.15, -0.1) is 0 Å². The molecule has 2 aromatic rings. The molecular formula is C15H16Cl2N2O4. The van der Waals surface area contributed by atoms with Crippen molar-refractivity contribution in [2.24, 2.45) is 0 Å². The highest BCUT2D eigenvalue weighted by Crippen LogP contribution is 2.41. The Morgan fingerprint density at radius 2 is 1.61 bits per heavy atom. The number of rotatable bonds is 5. The van der Waals surface area contributed by atoms with Crippen LogP contribution in [-0.2, 0) is 0 Å². The summed E-state index contributed by atoms with van der Waals surface area (Å²) in [5, 5.41) is 0.501. The molecule has 0 unspecified atom stereocenters. The minimum absolute atomic E-state index is 0.216. The van der Waals surface area contributed by atoms with Crippen LogP contribution in [0.15, 0.2) is 18.2 Å². The molecule has 0 fully saturated rings. The molecule has 0 saturated heterocycles. The highest BCUT2D eigenvalue weighted by Gasteiger charge is 2.21. The van der Waals surface area contributed by atoms with E-state index in [0.717, 1.165) is 0 Å². The predicted octanol–water partition coefficient (Wildman–Crippen LogP) is 3.62. The lowest BCUT2D eigenvalue weighted by molar-refractivity contribution is 0.0989. The highest BCUT2D eigenvalue weighted by molar-refractivity contribution is 6.41. The maximum absolute atomic E-state index is 12.5. The van der Waals surface area contributed by atoms with E-state index in [-0.39, 0.29) is 21.8 Å². The molecular weight excluding hydrogens is 343 g/mol. The molecule has 0 aliphatic heterocycles. The quantitative estimate of drug-likeness (QED) is 0.886. The lowest BCUT2D eigenvalue weighted by Crippen LogP contribution is -2.26. The number of amides is 1. The van der Waals surface area contributed by atoms with Crippen LogP contribution in [0.3, 0.4) is 0 Å². The third-order valence-electron chi connectivity index (χ3n) is 3.30. The first kappa shape index (κ1) is 17.3. The maximum atomic E-state index is 12.5. The normalized spacial score (nSPS) is 10.3. The second kappa shape index (κ2) is 7.02. The van der Waals surface area contributed by atoms with Gasteiger partial charge in [-0.1, -0.05) is 23.2 Å². The van der Waals surface area contributed by atoms with Crippen molar-refractivity contribution in [3.8, 4) is 17.2 Å². The summed E-state index contributed by atoms with van der Waals surface area (Å²) in [4.78, 5) is 16.7. The van der Waals surface area contributed by atoms with Crippen LogP contribution >= 0.6 is 23.2 Å². The number of hydrogen-bond acceptors (Lipinski definition) is 4. The molecule has 0 radical (unpaired) electrons. The summed E-state index contributed by atoms with van der Waals surface area (Å²) in [6, 6.07) is 4.82. The van der Waals surface area contributed by atoms with E-state index >= 15 is 0 Å². The molecule has 1 N–H and O–H groups in total. The third-order valence-corrected chi connectivity index (χ3v) is 3.99. The number of halogens is 2. The molecule has 1 aromatic carbocycles. The third kappa shape index (κ3) is 3.33. The molecule has 2 rings (SSSR count). The molecule has 0 saturated carbocycles. The number of methoxy groups -OCH3 is 3. The largest absolute Gasteiger partial charge is 0.493 e. The van der Waals surface area contributed by atoms with E-state index in [1.807, 2.05) is 0 Å². The first-order valence-electron chi connectivity index (χ1n) is 6.55. The summed E-state index contributed by atoms with van der Waals surface area (Å²) in [5.41, 5.74) is 0.836. The number of hydrogen-bond donors (Lipinski definition) is 1. The number of aromatic nitrogens is 1. The lowest BCUT2D eigenvalue weighted by Gasteiger charge is -2.20. The van der Waals surface area contributed by atoms with Gasteiger partial charge in [0.2, 0.25) is 5.75 Å². The Morgan fingerprint density at radius 3 is 2.00 bits per heavy atom. The molecule has 1 heterocycles. The summed E-state index contributed by atoms with van der Waals surface area (Å²) in [6.45, 7) is 0. The fraction of sp³-hybridized carbons (Fsp3) is 0.267. The fourth-order valence-corrected chi connectivity index (χ4v) is 2.39. The predicted molar refractivity (Wildman–Crippen MR) is 89.6 cm³/mol. The van der Waals surface area contributed by atoms with Gasteiger partial charge >= 0.3 is 0 Å². The minimum Gasteiger partial charge on any atom is -0.493 e. The number of nitrogens with one attached hydrogen (secondary N) is 1. The van der Waals surface area contributed by atoms with Crippen LogP contribution in [-0.4, -0.2) is 39.3 Å². The lowest BCUT2D eigenvalue weighted by atomic mass is 10.2. The molecule has 0 bridgehead atoms. The van der Waals surface area contributed by atoms with Crippen molar-refractivity contribution in [1.29, 1.82) is 0 Å². The highest BCUT2D eigenvalue weighted by atomic mass is 35.5. The van der Waals surface area contributed by atoms with Crippen LogP contribution in [0.25, 0.3) is 0 Å². The van der Waals surface area contributed by atoms with Crippen LogP contribution in [0, 0.1) is 0 Å². The van der Waals surface area contributed by atoms with E-state index < -0.39 is 0 Å². The van der Waals surface area contributed by atoms with Crippen molar-refractivity contribution >= 4 is 34.8 Å². The standard InChI is InChI=1S/C15H16Cl2N2O4/c1-19(15(20)10-7-9(16)14(17)18-10)8-5-11(21-2)13(23-4)12(6-8)22-3/h5-7,18H,1-4H3. The number of aromatic amines is 1. The second-order valence-electron chi connectivity index (χ2n) is 4.59. The smallest absolute Gasteiger partial charge is 0.274 e. The number of H-pyrrole nitrogens is 1. The Hall–Kier alpha value is -2.05. The molecule has 1 amide bonds. The van der Waals surface area contributed by atoms with Gasteiger partial charge in [-0.25, -0.2) is 0 Å². The van der Waals surface area contributed by atoms with Crippen LogP contribution in [0.1, 0.15) is 10.5 Å². The number of carbonyl (C=O) groups is 1. The van der Waals surface area contributed by atoms with Crippen LogP contribution < -0.4 is 19.1 Å². The van der Waals surface area contributed by atoms with Gasteiger partial charge < -0.3 is 24.1 Å². The molecule has 6 nitrogen and oxygen atoms in total. The van der Waals surface area contributed by atoms with Gasteiger partial charge in [0, 0.05) is 19.2 Å². The van der Waals surface area contributed by atoms with E-state index in [1.165, 1.54) is 32.3 Å². The zero-order chi connectivity index (χ0) is 17.1. The van der Waals surface area contributed by atoms with Crippen molar-refractivity contribution in [3.05, 3.63) is 34.1 Å². The Bertz CT molecular complexity index is 686. The van der Waals surface area contributed by atoms with Gasteiger partial charge in [-0.2, -0.15) is 0 Å². The summed E-state index contributed by atoms with van der Waals surface area (Å²) < 4.78 is 15.8. The molecule has 1 aromatic heterocycles. The van der Waals surface area contributed by atoms with E-state index in [1.54, 1.807) is 19.2 Å². The van der Waals surface area contributed by atoms with Gasteiger partial charge in [0.15, 0.2) is 11.5 Å². The molecule has 124 valence electrons. The van der Waals surface area contributed by atoms with E-state index in [0.29, 0.717) is 22.9 Å². The van der Waals surface area contributed by atoms with Crippen LogP contribution in [0.2, 0.25) is 10.2 Å². The van der Waals surface area contributed by atoms with Crippen LogP contribution in [0.5, 0.6) is 17.2 Å². The molecule has 0 spiro atoms. The summed E-state index contributed by atoms with van der Waals surface area (Å²) >= 11 is 11.7. The Labute approximate surface area is 143 Å². The fourth-order valence-electron chi connectivity index (χ4n) is 2.08. The SMILES string of the molecule is COc1cc(N(C)C(=O)c2cc(Cl)c(Cl)[nH]2)cc(OC)c1OC. The topological polar surface area (TPSA) is 63.8 Å². The van der Waals surface area contributed by atoms with Gasteiger partial charge in [0.1, 0.15) is 10.8 Å². The summed E-state index contributed by atoms with van der Waals surface area (Å²) in [6.07, 6.45) is 0.